The Bertz CT molecular complexity index is 568. The predicted molar refractivity (Wildman–Crippen MR) is 78.3 cm³/mol. The van der Waals surface area contributed by atoms with Crippen molar-refractivity contribution in [1.29, 1.82) is 5.26 Å². The van der Waals surface area contributed by atoms with E-state index < -0.39 is 0 Å². The molecule has 0 atom stereocenters. The monoisotopic (exact) mass is 334 g/mol. The summed E-state index contributed by atoms with van der Waals surface area (Å²) in [5.74, 6) is 0. The Balaban J connectivity index is 2.26. The molecule has 0 aliphatic heterocycles. The Kier molecular flexibility index (Phi) is 3.64. The first-order valence-electron chi connectivity index (χ1n) is 5.23. The fourth-order valence-electron chi connectivity index (χ4n) is 1.53. The first kappa shape index (κ1) is 11.9. The van der Waals surface area contributed by atoms with Gasteiger partial charge in [0.2, 0.25) is 0 Å². The first-order chi connectivity index (χ1) is 8.20. The van der Waals surface area contributed by atoms with E-state index in [1.807, 2.05) is 30.3 Å². The van der Waals surface area contributed by atoms with E-state index in [-0.39, 0.29) is 0 Å². The van der Waals surface area contributed by atoms with Crippen LogP contribution in [0.2, 0.25) is 0 Å². The summed E-state index contributed by atoms with van der Waals surface area (Å²) in [6.45, 7) is 2.09. The van der Waals surface area contributed by atoms with Crippen molar-refractivity contribution in [2.24, 2.45) is 0 Å². The van der Waals surface area contributed by atoms with E-state index in [2.05, 4.69) is 53.0 Å². The number of benzene rings is 2. The van der Waals surface area contributed by atoms with E-state index >= 15 is 0 Å². The van der Waals surface area contributed by atoms with Gasteiger partial charge in [-0.25, -0.2) is 0 Å². The van der Waals surface area contributed by atoms with Crippen molar-refractivity contribution in [3.05, 3.63) is 57.2 Å². The van der Waals surface area contributed by atoms with Gasteiger partial charge in [0.05, 0.1) is 11.6 Å². The fraction of sp³-hybridized carbons (Fsp3) is 0.0714. The lowest BCUT2D eigenvalue weighted by Crippen LogP contribution is -1.94. The molecule has 0 radical (unpaired) electrons. The summed E-state index contributed by atoms with van der Waals surface area (Å²) in [4.78, 5) is 0. The molecule has 0 spiro atoms. The van der Waals surface area contributed by atoms with Crippen molar-refractivity contribution in [2.75, 3.05) is 5.32 Å². The summed E-state index contributed by atoms with van der Waals surface area (Å²) in [6.07, 6.45) is 0. The van der Waals surface area contributed by atoms with Gasteiger partial charge in [-0.1, -0.05) is 6.07 Å². The van der Waals surface area contributed by atoms with Crippen LogP contribution in [0.3, 0.4) is 0 Å². The second-order valence-electron chi connectivity index (χ2n) is 3.73. The van der Waals surface area contributed by atoms with Crippen LogP contribution in [-0.4, -0.2) is 0 Å². The third-order valence-electron chi connectivity index (χ3n) is 2.56. The molecule has 2 aromatic rings. The largest absolute Gasteiger partial charge is 0.355 e. The topological polar surface area (TPSA) is 35.8 Å². The van der Waals surface area contributed by atoms with Crippen molar-refractivity contribution in [1.82, 2.24) is 0 Å². The lowest BCUT2D eigenvalue weighted by molar-refractivity contribution is 1.40. The maximum Gasteiger partial charge on any atom is 0.0991 e. The molecule has 0 aliphatic carbocycles. The molecule has 0 amide bonds. The highest BCUT2D eigenvalue weighted by atomic mass is 127. The first-order valence-corrected chi connectivity index (χ1v) is 6.31. The molecule has 1 N–H and O–H groups in total. The highest BCUT2D eigenvalue weighted by Crippen LogP contribution is 2.24. The fourth-order valence-corrected chi connectivity index (χ4v) is 2.02. The minimum absolute atomic E-state index is 0.676. The molecular formula is C14H11IN2. The lowest BCUT2D eigenvalue weighted by atomic mass is 10.2. The van der Waals surface area contributed by atoms with Crippen molar-refractivity contribution >= 4 is 34.0 Å². The minimum atomic E-state index is 0.676. The van der Waals surface area contributed by atoms with Gasteiger partial charge in [0.25, 0.3) is 0 Å². The molecule has 2 aromatic carbocycles. The molecule has 0 saturated carbocycles. The van der Waals surface area contributed by atoms with Crippen LogP contribution in [0.15, 0.2) is 42.5 Å². The summed E-state index contributed by atoms with van der Waals surface area (Å²) in [6, 6.07) is 15.7. The Morgan fingerprint density at radius 1 is 1.12 bits per heavy atom. The molecule has 0 aliphatic rings. The molecule has 0 saturated heterocycles. The van der Waals surface area contributed by atoms with Crippen molar-refractivity contribution in [3.8, 4) is 6.07 Å². The Morgan fingerprint density at radius 2 is 1.82 bits per heavy atom. The number of hydrogen-bond donors (Lipinski definition) is 1. The standard InChI is InChI=1S/C14H11IN2/c1-10-13(15)3-2-4-14(10)17-12-7-5-11(9-16)6-8-12/h2-8,17H,1H3. The average Bonchev–Trinajstić information content (AvgIpc) is 2.36. The zero-order chi connectivity index (χ0) is 12.3. The van der Waals surface area contributed by atoms with Gasteiger partial charge in [-0.15, -0.1) is 0 Å². The van der Waals surface area contributed by atoms with Gasteiger partial charge in [-0.3, -0.25) is 0 Å². The molecule has 84 valence electrons. The minimum Gasteiger partial charge on any atom is -0.355 e. The summed E-state index contributed by atoms with van der Waals surface area (Å²) in [5.41, 5.74) is 4.00. The molecular weight excluding hydrogens is 323 g/mol. The second-order valence-corrected chi connectivity index (χ2v) is 4.89. The van der Waals surface area contributed by atoms with Gasteiger partial charge in [-0.05, 0) is 71.5 Å². The van der Waals surface area contributed by atoms with E-state index in [1.165, 1.54) is 9.13 Å². The van der Waals surface area contributed by atoms with E-state index in [0.717, 1.165) is 11.4 Å². The van der Waals surface area contributed by atoms with Crippen LogP contribution in [-0.2, 0) is 0 Å². The maximum atomic E-state index is 8.73. The molecule has 17 heavy (non-hydrogen) atoms. The zero-order valence-corrected chi connectivity index (χ0v) is 11.5. The molecule has 0 unspecified atom stereocenters. The summed E-state index contributed by atoms with van der Waals surface area (Å²) >= 11 is 2.32. The molecule has 0 aromatic heterocycles. The highest BCUT2D eigenvalue weighted by Gasteiger charge is 2.01. The molecule has 0 heterocycles. The van der Waals surface area contributed by atoms with E-state index in [1.54, 1.807) is 0 Å². The van der Waals surface area contributed by atoms with Gasteiger partial charge in [-0.2, -0.15) is 5.26 Å². The normalized spacial score (nSPS) is 9.71. The lowest BCUT2D eigenvalue weighted by Gasteiger charge is -2.10. The van der Waals surface area contributed by atoms with Crippen LogP contribution >= 0.6 is 22.6 Å². The smallest absolute Gasteiger partial charge is 0.0991 e. The van der Waals surface area contributed by atoms with Gasteiger partial charge in [0, 0.05) is 14.9 Å². The number of anilines is 2. The quantitative estimate of drug-likeness (QED) is 0.835. The molecule has 0 fully saturated rings. The van der Waals surface area contributed by atoms with Crippen LogP contribution < -0.4 is 5.32 Å². The Morgan fingerprint density at radius 3 is 2.47 bits per heavy atom. The van der Waals surface area contributed by atoms with E-state index in [9.17, 15) is 0 Å². The predicted octanol–water partition coefficient (Wildman–Crippen LogP) is 4.21. The number of halogens is 1. The molecule has 3 heteroatoms. The van der Waals surface area contributed by atoms with Gasteiger partial charge >= 0.3 is 0 Å². The van der Waals surface area contributed by atoms with Crippen LogP contribution in [0.25, 0.3) is 0 Å². The van der Waals surface area contributed by atoms with Crippen molar-refractivity contribution in [3.63, 3.8) is 0 Å². The summed E-state index contributed by atoms with van der Waals surface area (Å²) < 4.78 is 1.24. The van der Waals surface area contributed by atoms with Gasteiger partial charge in [0.1, 0.15) is 0 Å². The van der Waals surface area contributed by atoms with E-state index in [0.29, 0.717) is 5.56 Å². The number of hydrogen-bond acceptors (Lipinski definition) is 2. The molecule has 0 bridgehead atoms. The zero-order valence-electron chi connectivity index (χ0n) is 9.37. The Hall–Kier alpha value is -1.54. The maximum absolute atomic E-state index is 8.73. The van der Waals surface area contributed by atoms with Crippen LogP contribution in [0, 0.1) is 21.8 Å². The van der Waals surface area contributed by atoms with Crippen LogP contribution in [0.1, 0.15) is 11.1 Å². The number of nitrogens with zero attached hydrogens (tertiary/aromatic N) is 1. The van der Waals surface area contributed by atoms with Crippen LogP contribution in [0.5, 0.6) is 0 Å². The SMILES string of the molecule is Cc1c(I)cccc1Nc1ccc(C#N)cc1. The average molecular weight is 334 g/mol. The molecule has 2 nitrogen and oxygen atoms in total. The number of nitrogens with one attached hydrogen (secondary N) is 1. The summed E-state index contributed by atoms with van der Waals surface area (Å²) in [7, 11) is 0. The van der Waals surface area contributed by atoms with Gasteiger partial charge < -0.3 is 5.32 Å². The van der Waals surface area contributed by atoms with Crippen molar-refractivity contribution < 1.29 is 0 Å². The second kappa shape index (κ2) is 5.19. The third-order valence-corrected chi connectivity index (χ3v) is 3.73. The highest BCUT2D eigenvalue weighted by molar-refractivity contribution is 14.1. The van der Waals surface area contributed by atoms with E-state index in [4.69, 9.17) is 5.26 Å². The Labute approximate surface area is 114 Å². The summed E-state index contributed by atoms with van der Waals surface area (Å²) in [5, 5.41) is 12.1. The van der Waals surface area contributed by atoms with Crippen LogP contribution in [0.4, 0.5) is 11.4 Å². The van der Waals surface area contributed by atoms with Crippen molar-refractivity contribution in [2.45, 2.75) is 6.92 Å². The van der Waals surface area contributed by atoms with Gasteiger partial charge in [0.15, 0.2) is 0 Å². The third kappa shape index (κ3) is 2.77. The number of nitriles is 1. The number of rotatable bonds is 2. The molecule has 2 rings (SSSR count).